The molecule has 0 unspecified atom stereocenters. The summed E-state index contributed by atoms with van der Waals surface area (Å²) in [7, 11) is 0. The molecule has 1 saturated carbocycles. The molecule has 0 radical (unpaired) electrons. The van der Waals surface area contributed by atoms with Gasteiger partial charge < -0.3 is 9.47 Å². The van der Waals surface area contributed by atoms with Crippen LogP contribution in [0.3, 0.4) is 0 Å². The van der Waals surface area contributed by atoms with Crippen LogP contribution >= 0.6 is 0 Å². The van der Waals surface area contributed by atoms with E-state index >= 15 is 0 Å². The Hall–Kier alpha value is -1.32. The summed E-state index contributed by atoms with van der Waals surface area (Å²) in [5.74, 6) is -2.21. The standard InChI is InChI=1S/C13H14F2O2/c14-13(15,9-2-3-9)10-4-5-11-12(8-10)17-7-1-6-16-11/h4-5,8-9H,1-3,6-7H2. The van der Waals surface area contributed by atoms with Gasteiger partial charge in [-0.1, -0.05) is 0 Å². The van der Waals surface area contributed by atoms with Crippen molar-refractivity contribution >= 4 is 0 Å². The lowest BCUT2D eigenvalue weighted by atomic mass is 10.0. The molecule has 1 aromatic carbocycles. The smallest absolute Gasteiger partial charge is 0.276 e. The van der Waals surface area contributed by atoms with Crippen LogP contribution in [-0.2, 0) is 5.92 Å². The Labute approximate surface area is 98.5 Å². The summed E-state index contributed by atoms with van der Waals surface area (Å²) in [5.41, 5.74) is 0.0456. The van der Waals surface area contributed by atoms with Crippen LogP contribution in [0.1, 0.15) is 24.8 Å². The molecule has 17 heavy (non-hydrogen) atoms. The largest absolute Gasteiger partial charge is 0.490 e. The molecule has 0 spiro atoms. The number of hydrogen-bond donors (Lipinski definition) is 0. The molecule has 2 nitrogen and oxygen atoms in total. The van der Waals surface area contributed by atoms with Gasteiger partial charge in [0.05, 0.1) is 13.2 Å². The molecular weight excluding hydrogens is 226 g/mol. The quantitative estimate of drug-likeness (QED) is 0.789. The molecule has 1 aliphatic carbocycles. The molecule has 0 aromatic heterocycles. The molecule has 0 atom stereocenters. The van der Waals surface area contributed by atoms with Crippen LogP contribution in [0, 0.1) is 5.92 Å². The number of alkyl halides is 2. The molecule has 2 aliphatic rings. The molecule has 1 aliphatic heterocycles. The second-order valence-electron chi connectivity index (χ2n) is 4.61. The van der Waals surface area contributed by atoms with Crippen LogP contribution in [0.4, 0.5) is 8.78 Å². The highest BCUT2D eigenvalue weighted by molar-refractivity contribution is 5.45. The minimum absolute atomic E-state index is 0.0456. The second-order valence-corrected chi connectivity index (χ2v) is 4.61. The first-order chi connectivity index (χ1) is 8.18. The highest BCUT2D eigenvalue weighted by atomic mass is 19.3. The third kappa shape index (κ3) is 1.96. The maximum absolute atomic E-state index is 13.9. The van der Waals surface area contributed by atoms with Gasteiger partial charge in [0.1, 0.15) is 0 Å². The molecule has 92 valence electrons. The first-order valence-electron chi connectivity index (χ1n) is 5.96. The number of rotatable bonds is 2. The summed E-state index contributed by atoms with van der Waals surface area (Å²) in [5, 5.41) is 0. The number of benzene rings is 1. The molecule has 1 heterocycles. The predicted octanol–water partition coefficient (Wildman–Crippen LogP) is 3.35. The van der Waals surface area contributed by atoms with Crippen molar-refractivity contribution < 1.29 is 18.3 Å². The minimum Gasteiger partial charge on any atom is -0.490 e. The molecular formula is C13H14F2O2. The Morgan fingerprint density at radius 1 is 1.06 bits per heavy atom. The fraction of sp³-hybridized carbons (Fsp3) is 0.538. The Balaban J connectivity index is 1.94. The van der Waals surface area contributed by atoms with E-state index in [1.807, 2.05) is 0 Å². The number of hydrogen-bond acceptors (Lipinski definition) is 2. The molecule has 1 aromatic rings. The normalized spacial score (nSPS) is 19.9. The maximum Gasteiger partial charge on any atom is 0.276 e. The van der Waals surface area contributed by atoms with Crippen LogP contribution in [0.2, 0.25) is 0 Å². The number of halogens is 2. The van der Waals surface area contributed by atoms with Gasteiger partial charge in [-0.05, 0) is 31.0 Å². The Morgan fingerprint density at radius 3 is 2.47 bits per heavy atom. The highest BCUT2D eigenvalue weighted by Gasteiger charge is 2.48. The lowest BCUT2D eigenvalue weighted by molar-refractivity contribution is -0.0287. The van der Waals surface area contributed by atoms with E-state index in [-0.39, 0.29) is 5.56 Å². The average Bonchev–Trinajstić information content (AvgIpc) is 3.15. The molecule has 0 amide bonds. The minimum atomic E-state index is -2.73. The van der Waals surface area contributed by atoms with Crippen molar-refractivity contribution in [1.29, 1.82) is 0 Å². The van der Waals surface area contributed by atoms with Gasteiger partial charge in [0, 0.05) is 17.9 Å². The number of ether oxygens (including phenoxy) is 2. The zero-order valence-corrected chi connectivity index (χ0v) is 9.42. The third-order valence-corrected chi connectivity index (χ3v) is 3.22. The van der Waals surface area contributed by atoms with Gasteiger partial charge in [0.25, 0.3) is 5.92 Å². The van der Waals surface area contributed by atoms with Crippen LogP contribution in [0.15, 0.2) is 18.2 Å². The van der Waals surface area contributed by atoms with Gasteiger partial charge in [-0.15, -0.1) is 0 Å². The Bertz CT molecular complexity index is 427. The van der Waals surface area contributed by atoms with Crippen molar-refractivity contribution in [2.45, 2.75) is 25.2 Å². The van der Waals surface area contributed by atoms with Crippen molar-refractivity contribution in [3.63, 3.8) is 0 Å². The summed E-state index contributed by atoms with van der Waals surface area (Å²) >= 11 is 0. The lowest BCUT2D eigenvalue weighted by Crippen LogP contribution is -2.16. The highest BCUT2D eigenvalue weighted by Crippen LogP contribution is 2.50. The number of fused-ring (bicyclic) bond motifs is 1. The molecule has 1 fully saturated rings. The van der Waals surface area contributed by atoms with Gasteiger partial charge in [-0.3, -0.25) is 0 Å². The summed E-state index contributed by atoms with van der Waals surface area (Å²) in [6.07, 6.45) is 2.01. The van der Waals surface area contributed by atoms with Gasteiger partial charge >= 0.3 is 0 Å². The average molecular weight is 240 g/mol. The van der Waals surface area contributed by atoms with Gasteiger partial charge in [0.15, 0.2) is 11.5 Å². The predicted molar refractivity (Wildman–Crippen MR) is 58.7 cm³/mol. The maximum atomic E-state index is 13.9. The van der Waals surface area contributed by atoms with Crippen LogP contribution in [0.5, 0.6) is 11.5 Å². The summed E-state index contributed by atoms with van der Waals surface area (Å²) in [6.45, 7) is 1.09. The van der Waals surface area contributed by atoms with Gasteiger partial charge in [-0.25, -0.2) is 8.78 Å². The zero-order valence-electron chi connectivity index (χ0n) is 9.42. The van der Waals surface area contributed by atoms with Crippen LogP contribution in [0.25, 0.3) is 0 Å². The summed E-state index contributed by atoms with van der Waals surface area (Å²) < 4.78 is 38.7. The van der Waals surface area contributed by atoms with Crippen molar-refractivity contribution in [3.05, 3.63) is 23.8 Å². The topological polar surface area (TPSA) is 18.5 Å². The van der Waals surface area contributed by atoms with E-state index in [4.69, 9.17) is 9.47 Å². The van der Waals surface area contributed by atoms with Crippen LogP contribution < -0.4 is 9.47 Å². The Morgan fingerprint density at radius 2 is 1.76 bits per heavy atom. The molecule has 4 heteroatoms. The van der Waals surface area contributed by atoms with Crippen molar-refractivity contribution in [2.75, 3.05) is 13.2 Å². The van der Waals surface area contributed by atoms with Gasteiger partial charge in [-0.2, -0.15) is 0 Å². The van der Waals surface area contributed by atoms with Crippen molar-refractivity contribution in [2.24, 2.45) is 5.92 Å². The van der Waals surface area contributed by atoms with E-state index in [9.17, 15) is 8.78 Å². The molecule has 3 rings (SSSR count). The van der Waals surface area contributed by atoms with E-state index in [0.717, 1.165) is 6.42 Å². The summed E-state index contributed by atoms with van der Waals surface area (Å²) in [4.78, 5) is 0. The first-order valence-corrected chi connectivity index (χ1v) is 5.96. The van der Waals surface area contributed by atoms with Crippen molar-refractivity contribution in [3.8, 4) is 11.5 Å². The zero-order chi connectivity index (χ0) is 11.9. The summed E-state index contributed by atoms with van der Waals surface area (Å²) in [6, 6.07) is 4.47. The fourth-order valence-electron chi connectivity index (χ4n) is 2.05. The van der Waals surface area contributed by atoms with E-state index in [1.165, 1.54) is 12.1 Å². The molecule has 0 saturated heterocycles. The lowest BCUT2D eigenvalue weighted by Gasteiger charge is -2.17. The molecule has 0 bridgehead atoms. The first kappa shape index (κ1) is 10.8. The second kappa shape index (κ2) is 3.86. The van der Waals surface area contributed by atoms with Crippen molar-refractivity contribution in [1.82, 2.24) is 0 Å². The Kier molecular flexibility index (Phi) is 2.45. The van der Waals surface area contributed by atoms with Gasteiger partial charge in [0.2, 0.25) is 0 Å². The fourth-order valence-corrected chi connectivity index (χ4v) is 2.05. The monoisotopic (exact) mass is 240 g/mol. The van der Waals surface area contributed by atoms with E-state index in [0.29, 0.717) is 37.6 Å². The van der Waals surface area contributed by atoms with E-state index in [1.54, 1.807) is 6.07 Å². The third-order valence-electron chi connectivity index (χ3n) is 3.22. The SMILES string of the molecule is FC(F)(c1ccc2c(c1)OCCCO2)C1CC1. The van der Waals surface area contributed by atoms with E-state index < -0.39 is 11.8 Å². The van der Waals surface area contributed by atoms with E-state index in [2.05, 4.69) is 0 Å². The molecule has 0 N–H and O–H groups in total. The van der Waals surface area contributed by atoms with Crippen LogP contribution in [-0.4, -0.2) is 13.2 Å².